The highest BCUT2D eigenvalue weighted by atomic mass is 32.1. The first-order valence-electron chi connectivity index (χ1n) is 10.8. The van der Waals surface area contributed by atoms with Gasteiger partial charge in [0.25, 0.3) is 0 Å². The number of aryl methyl sites for hydroxylation is 1. The Morgan fingerprint density at radius 2 is 1.81 bits per heavy atom. The van der Waals surface area contributed by atoms with Gasteiger partial charge in [-0.25, -0.2) is 0 Å². The molecule has 166 valence electrons. The number of carbonyl (C=O) groups excluding carboxylic acids is 2. The van der Waals surface area contributed by atoms with Crippen molar-refractivity contribution in [2.45, 2.75) is 25.7 Å². The zero-order chi connectivity index (χ0) is 22.6. The molecule has 1 atom stereocenters. The van der Waals surface area contributed by atoms with Crippen LogP contribution < -0.4 is 10.5 Å². The number of primary amides is 1. The quantitative estimate of drug-likeness (QED) is 0.558. The summed E-state index contributed by atoms with van der Waals surface area (Å²) in [4.78, 5) is 28.6. The first-order valence-corrected chi connectivity index (χ1v) is 11.7. The molecule has 0 unspecified atom stereocenters. The molecule has 2 aromatic carbocycles. The van der Waals surface area contributed by atoms with Crippen molar-refractivity contribution >= 4 is 23.2 Å². The highest BCUT2D eigenvalue weighted by Crippen LogP contribution is 2.38. The number of ether oxygens (including phenoxy) is 1. The molecule has 3 aromatic rings. The number of carbonyl (C=O) groups is 2. The van der Waals surface area contributed by atoms with Crippen LogP contribution in [0.2, 0.25) is 0 Å². The molecule has 32 heavy (non-hydrogen) atoms. The fourth-order valence-corrected chi connectivity index (χ4v) is 5.33. The van der Waals surface area contributed by atoms with Crippen LogP contribution in [-0.4, -0.2) is 36.9 Å². The second kappa shape index (κ2) is 9.57. The Balaban J connectivity index is 1.48. The average Bonchev–Trinajstić information content (AvgIpc) is 3.49. The summed E-state index contributed by atoms with van der Waals surface area (Å²) in [5.41, 5.74) is 8.41. The maximum Gasteiger partial charge on any atom is 0.225 e. The zero-order valence-corrected chi connectivity index (χ0v) is 19.1. The van der Waals surface area contributed by atoms with Gasteiger partial charge in [-0.15, -0.1) is 11.3 Å². The SMILES string of the molecule is COc1ccccc1CCC(=O)N1CC[C@@](Cc2ccccc2-c2cccs2)(C(N)=O)C1. The minimum absolute atomic E-state index is 0.0468. The molecule has 1 fully saturated rings. The van der Waals surface area contributed by atoms with E-state index in [2.05, 4.69) is 18.2 Å². The van der Waals surface area contributed by atoms with E-state index in [-0.39, 0.29) is 11.8 Å². The molecule has 1 aliphatic heterocycles. The third-order valence-corrected chi connectivity index (χ3v) is 7.27. The number of nitrogens with zero attached hydrogens (tertiary/aromatic N) is 1. The molecule has 2 heterocycles. The van der Waals surface area contributed by atoms with Crippen LogP contribution in [0.5, 0.6) is 5.75 Å². The van der Waals surface area contributed by atoms with Gasteiger partial charge in [-0.1, -0.05) is 48.5 Å². The van der Waals surface area contributed by atoms with Crippen LogP contribution in [-0.2, 0) is 22.4 Å². The topological polar surface area (TPSA) is 72.6 Å². The van der Waals surface area contributed by atoms with Gasteiger partial charge < -0.3 is 15.4 Å². The molecule has 1 saturated heterocycles. The zero-order valence-electron chi connectivity index (χ0n) is 18.3. The lowest BCUT2D eigenvalue weighted by Gasteiger charge is -2.27. The summed E-state index contributed by atoms with van der Waals surface area (Å²) in [6.07, 6.45) is 2.10. The Bertz CT molecular complexity index is 1100. The van der Waals surface area contributed by atoms with Crippen molar-refractivity contribution in [3.05, 3.63) is 77.2 Å². The molecule has 0 saturated carbocycles. The van der Waals surface area contributed by atoms with E-state index in [0.29, 0.717) is 38.8 Å². The third kappa shape index (κ3) is 4.55. The smallest absolute Gasteiger partial charge is 0.225 e. The molecule has 4 rings (SSSR count). The maximum atomic E-state index is 13.0. The van der Waals surface area contributed by atoms with Gasteiger partial charge in [0.05, 0.1) is 12.5 Å². The summed E-state index contributed by atoms with van der Waals surface area (Å²) in [7, 11) is 1.64. The van der Waals surface area contributed by atoms with Crippen LogP contribution in [0.1, 0.15) is 24.0 Å². The molecule has 0 radical (unpaired) electrons. The van der Waals surface area contributed by atoms with Gasteiger partial charge in [0, 0.05) is 24.4 Å². The molecule has 0 bridgehead atoms. The van der Waals surface area contributed by atoms with Crippen LogP contribution in [0, 0.1) is 5.41 Å². The number of amides is 2. The van der Waals surface area contributed by atoms with Gasteiger partial charge in [0.15, 0.2) is 0 Å². The van der Waals surface area contributed by atoms with Crippen molar-refractivity contribution in [2.75, 3.05) is 20.2 Å². The van der Waals surface area contributed by atoms with Gasteiger partial charge in [-0.2, -0.15) is 0 Å². The largest absolute Gasteiger partial charge is 0.496 e. The predicted octanol–water partition coefficient (Wildman–Crippen LogP) is 4.30. The lowest BCUT2D eigenvalue weighted by molar-refractivity contribution is -0.132. The van der Waals surface area contributed by atoms with Gasteiger partial charge in [-0.3, -0.25) is 9.59 Å². The lowest BCUT2D eigenvalue weighted by Crippen LogP contribution is -2.42. The van der Waals surface area contributed by atoms with E-state index in [1.54, 1.807) is 23.3 Å². The minimum atomic E-state index is -0.743. The first-order chi connectivity index (χ1) is 15.5. The maximum absolute atomic E-state index is 13.0. The van der Waals surface area contributed by atoms with Gasteiger partial charge in [0.1, 0.15) is 5.75 Å². The fraction of sp³-hybridized carbons (Fsp3) is 0.308. The predicted molar refractivity (Wildman–Crippen MR) is 128 cm³/mol. The highest BCUT2D eigenvalue weighted by molar-refractivity contribution is 7.13. The number of benzene rings is 2. The van der Waals surface area contributed by atoms with E-state index < -0.39 is 5.41 Å². The molecule has 0 aliphatic carbocycles. The Morgan fingerprint density at radius 3 is 2.53 bits per heavy atom. The van der Waals surface area contributed by atoms with E-state index in [9.17, 15) is 9.59 Å². The normalized spacial score (nSPS) is 18.0. The van der Waals surface area contributed by atoms with E-state index in [1.165, 1.54) is 4.88 Å². The number of hydrogen-bond donors (Lipinski definition) is 1. The van der Waals surface area contributed by atoms with E-state index in [0.717, 1.165) is 22.4 Å². The summed E-state index contributed by atoms with van der Waals surface area (Å²) >= 11 is 1.68. The van der Waals surface area contributed by atoms with Crippen LogP contribution >= 0.6 is 11.3 Å². The van der Waals surface area contributed by atoms with Crippen molar-refractivity contribution in [1.82, 2.24) is 4.90 Å². The minimum Gasteiger partial charge on any atom is -0.496 e. The molecule has 0 spiro atoms. The number of methoxy groups -OCH3 is 1. The second-order valence-electron chi connectivity index (χ2n) is 8.33. The molecule has 6 heteroatoms. The Kier molecular flexibility index (Phi) is 6.61. The van der Waals surface area contributed by atoms with E-state index in [4.69, 9.17) is 10.5 Å². The van der Waals surface area contributed by atoms with Gasteiger partial charge >= 0.3 is 0 Å². The number of likely N-dealkylation sites (tertiary alicyclic amines) is 1. The number of thiophene rings is 1. The number of para-hydroxylation sites is 1. The van der Waals surface area contributed by atoms with E-state index in [1.807, 2.05) is 47.8 Å². The van der Waals surface area contributed by atoms with Crippen LogP contribution in [0.25, 0.3) is 10.4 Å². The van der Waals surface area contributed by atoms with Crippen molar-refractivity contribution in [3.8, 4) is 16.2 Å². The molecule has 5 nitrogen and oxygen atoms in total. The van der Waals surface area contributed by atoms with Crippen molar-refractivity contribution < 1.29 is 14.3 Å². The Labute approximate surface area is 192 Å². The van der Waals surface area contributed by atoms with Crippen molar-refractivity contribution in [2.24, 2.45) is 11.1 Å². The summed E-state index contributed by atoms with van der Waals surface area (Å²) in [6.45, 7) is 0.917. The lowest BCUT2D eigenvalue weighted by atomic mass is 9.79. The highest BCUT2D eigenvalue weighted by Gasteiger charge is 2.45. The van der Waals surface area contributed by atoms with Gasteiger partial charge in [0.2, 0.25) is 11.8 Å². The van der Waals surface area contributed by atoms with Crippen molar-refractivity contribution in [3.63, 3.8) is 0 Å². The number of nitrogens with two attached hydrogens (primary N) is 1. The summed E-state index contributed by atoms with van der Waals surface area (Å²) < 4.78 is 5.39. The molecule has 1 aromatic heterocycles. The van der Waals surface area contributed by atoms with E-state index >= 15 is 0 Å². The van der Waals surface area contributed by atoms with Crippen LogP contribution in [0.4, 0.5) is 0 Å². The van der Waals surface area contributed by atoms with Crippen LogP contribution in [0.15, 0.2) is 66.0 Å². The van der Waals surface area contributed by atoms with Crippen molar-refractivity contribution in [1.29, 1.82) is 0 Å². The molecular formula is C26H28N2O3S. The fourth-order valence-electron chi connectivity index (χ4n) is 4.54. The summed E-state index contributed by atoms with van der Waals surface area (Å²) in [5, 5.41) is 2.05. The summed E-state index contributed by atoms with van der Waals surface area (Å²) in [5.74, 6) is 0.502. The second-order valence-corrected chi connectivity index (χ2v) is 9.28. The third-order valence-electron chi connectivity index (χ3n) is 6.36. The number of hydrogen-bond acceptors (Lipinski definition) is 4. The molecule has 1 aliphatic rings. The average molecular weight is 449 g/mol. The Hall–Kier alpha value is -3.12. The number of rotatable bonds is 8. The first kappa shape index (κ1) is 22.1. The molecule has 2 amide bonds. The Morgan fingerprint density at radius 1 is 1.06 bits per heavy atom. The monoisotopic (exact) mass is 448 g/mol. The standard InChI is InChI=1S/C26H28N2O3S/c1-31-22-10-5-3-7-19(22)12-13-24(29)28-15-14-26(18-28,25(27)30)17-20-8-2-4-9-21(20)23-11-6-16-32-23/h2-11,16H,12-15,17-18H2,1H3,(H2,27,30)/t26-/m0/s1. The van der Waals surface area contributed by atoms with Crippen LogP contribution in [0.3, 0.4) is 0 Å². The molecular weight excluding hydrogens is 420 g/mol. The molecule has 2 N–H and O–H groups in total. The summed E-state index contributed by atoms with van der Waals surface area (Å²) in [6, 6.07) is 20.0. The van der Waals surface area contributed by atoms with Gasteiger partial charge in [-0.05, 0) is 53.5 Å².